The van der Waals surface area contributed by atoms with Crippen LogP contribution >= 0.6 is 0 Å². The SMILES string of the molecule is O=C(NCCCO)c1cccnc1. The van der Waals surface area contributed by atoms with E-state index in [1.54, 1.807) is 18.3 Å². The van der Waals surface area contributed by atoms with E-state index in [4.69, 9.17) is 5.11 Å². The third kappa shape index (κ3) is 3.21. The van der Waals surface area contributed by atoms with E-state index in [-0.39, 0.29) is 12.5 Å². The van der Waals surface area contributed by atoms with Crippen LogP contribution in [-0.2, 0) is 0 Å². The number of nitrogens with zero attached hydrogens (tertiary/aromatic N) is 1. The molecule has 0 unspecified atom stereocenters. The van der Waals surface area contributed by atoms with Gasteiger partial charge in [-0.1, -0.05) is 0 Å². The molecule has 0 aliphatic rings. The molecule has 0 saturated carbocycles. The van der Waals surface area contributed by atoms with Crippen LogP contribution in [0.2, 0.25) is 0 Å². The van der Waals surface area contributed by atoms with E-state index in [1.807, 2.05) is 0 Å². The van der Waals surface area contributed by atoms with Gasteiger partial charge in [-0.3, -0.25) is 9.78 Å². The van der Waals surface area contributed by atoms with Crippen LogP contribution in [0.5, 0.6) is 0 Å². The lowest BCUT2D eigenvalue weighted by atomic mass is 10.2. The fraction of sp³-hybridized carbons (Fsp3) is 0.333. The fourth-order valence-electron chi connectivity index (χ4n) is 0.880. The first kappa shape index (κ1) is 9.67. The molecular weight excluding hydrogens is 168 g/mol. The van der Waals surface area contributed by atoms with Crippen molar-refractivity contribution in [2.75, 3.05) is 13.2 Å². The van der Waals surface area contributed by atoms with E-state index in [0.29, 0.717) is 18.5 Å². The molecule has 0 aromatic carbocycles. The summed E-state index contributed by atoms with van der Waals surface area (Å²) in [4.78, 5) is 15.1. The molecule has 13 heavy (non-hydrogen) atoms. The molecule has 70 valence electrons. The van der Waals surface area contributed by atoms with Gasteiger partial charge in [-0.2, -0.15) is 0 Å². The predicted molar refractivity (Wildman–Crippen MR) is 48.3 cm³/mol. The van der Waals surface area contributed by atoms with Crippen LogP contribution in [0.15, 0.2) is 24.5 Å². The number of pyridine rings is 1. The molecule has 2 N–H and O–H groups in total. The number of nitrogens with one attached hydrogen (secondary N) is 1. The minimum atomic E-state index is -0.151. The highest BCUT2D eigenvalue weighted by Gasteiger charge is 2.02. The highest BCUT2D eigenvalue weighted by molar-refractivity contribution is 5.93. The van der Waals surface area contributed by atoms with Crippen molar-refractivity contribution < 1.29 is 9.90 Å². The second-order valence-electron chi connectivity index (χ2n) is 2.57. The zero-order valence-electron chi connectivity index (χ0n) is 7.23. The Morgan fingerprint density at radius 3 is 3.08 bits per heavy atom. The lowest BCUT2D eigenvalue weighted by Crippen LogP contribution is -2.24. The van der Waals surface area contributed by atoms with E-state index in [2.05, 4.69) is 10.3 Å². The van der Waals surface area contributed by atoms with E-state index < -0.39 is 0 Å². The van der Waals surface area contributed by atoms with Crippen LogP contribution < -0.4 is 5.32 Å². The molecule has 0 bridgehead atoms. The van der Waals surface area contributed by atoms with Gasteiger partial charge in [0.2, 0.25) is 0 Å². The minimum absolute atomic E-state index is 0.0906. The molecular formula is C9H12N2O2. The first-order valence-electron chi connectivity index (χ1n) is 4.13. The summed E-state index contributed by atoms with van der Waals surface area (Å²) < 4.78 is 0. The number of rotatable bonds is 4. The van der Waals surface area contributed by atoms with Crippen LogP contribution in [-0.4, -0.2) is 29.1 Å². The molecule has 0 aliphatic heterocycles. The standard InChI is InChI=1S/C9H12N2O2/c12-6-2-5-11-9(13)8-3-1-4-10-7-8/h1,3-4,7,12H,2,5-6H2,(H,11,13). The van der Waals surface area contributed by atoms with Gasteiger partial charge in [-0.15, -0.1) is 0 Å². The van der Waals surface area contributed by atoms with Crippen molar-refractivity contribution in [2.45, 2.75) is 6.42 Å². The molecule has 0 fully saturated rings. The summed E-state index contributed by atoms with van der Waals surface area (Å²) >= 11 is 0. The van der Waals surface area contributed by atoms with Crippen LogP contribution in [0, 0.1) is 0 Å². The monoisotopic (exact) mass is 180 g/mol. The van der Waals surface area contributed by atoms with Crippen LogP contribution in [0.3, 0.4) is 0 Å². The molecule has 4 heteroatoms. The third-order valence-electron chi connectivity index (χ3n) is 1.54. The van der Waals surface area contributed by atoms with E-state index in [0.717, 1.165) is 0 Å². The topological polar surface area (TPSA) is 62.2 Å². The van der Waals surface area contributed by atoms with Gasteiger partial charge in [0.15, 0.2) is 0 Å². The van der Waals surface area contributed by atoms with Crippen molar-refractivity contribution in [2.24, 2.45) is 0 Å². The number of aromatic nitrogens is 1. The average molecular weight is 180 g/mol. The summed E-state index contributed by atoms with van der Waals surface area (Å²) in [5.41, 5.74) is 0.542. The molecule has 1 aromatic rings. The Morgan fingerprint density at radius 2 is 2.46 bits per heavy atom. The van der Waals surface area contributed by atoms with Gasteiger partial charge in [0.05, 0.1) is 5.56 Å². The number of carbonyl (C=O) groups excluding carboxylic acids is 1. The minimum Gasteiger partial charge on any atom is -0.396 e. The third-order valence-corrected chi connectivity index (χ3v) is 1.54. The summed E-state index contributed by atoms with van der Waals surface area (Å²) in [5.74, 6) is -0.151. The average Bonchev–Trinajstić information content (AvgIpc) is 2.19. The number of hydrogen-bond donors (Lipinski definition) is 2. The van der Waals surface area contributed by atoms with Gasteiger partial charge in [0.1, 0.15) is 0 Å². The number of amides is 1. The molecule has 4 nitrogen and oxygen atoms in total. The van der Waals surface area contributed by atoms with Gasteiger partial charge in [-0.05, 0) is 18.6 Å². The number of carbonyl (C=O) groups is 1. The van der Waals surface area contributed by atoms with Gasteiger partial charge in [-0.25, -0.2) is 0 Å². The van der Waals surface area contributed by atoms with Crippen molar-refractivity contribution in [1.29, 1.82) is 0 Å². The highest BCUT2D eigenvalue weighted by atomic mass is 16.3. The number of hydrogen-bond acceptors (Lipinski definition) is 3. The molecule has 0 aliphatic carbocycles. The molecule has 1 rings (SSSR count). The van der Waals surface area contributed by atoms with E-state index >= 15 is 0 Å². The second-order valence-corrected chi connectivity index (χ2v) is 2.57. The van der Waals surface area contributed by atoms with Crippen molar-refractivity contribution in [3.05, 3.63) is 30.1 Å². The Kier molecular flexibility index (Phi) is 3.92. The molecule has 0 spiro atoms. The van der Waals surface area contributed by atoms with Crippen molar-refractivity contribution >= 4 is 5.91 Å². The van der Waals surface area contributed by atoms with Gasteiger partial charge >= 0.3 is 0 Å². The van der Waals surface area contributed by atoms with Gasteiger partial charge in [0.25, 0.3) is 5.91 Å². The maximum atomic E-state index is 11.3. The van der Waals surface area contributed by atoms with Crippen molar-refractivity contribution in [1.82, 2.24) is 10.3 Å². The zero-order chi connectivity index (χ0) is 9.52. The Balaban J connectivity index is 2.40. The van der Waals surface area contributed by atoms with Crippen LogP contribution in [0.4, 0.5) is 0 Å². The summed E-state index contributed by atoms with van der Waals surface area (Å²) in [6.45, 7) is 0.581. The Hall–Kier alpha value is -1.42. The number of aliphatic hydroxyl groups excluding tert-OH is 1. The van der Waals surface area contributed by atoms with Crippen LogP contribution in [0.1, 0.15) is 16.8 Å². The largest absolute Gasteiger partial charge is 0.396 e. The van der Waals surface area contributed by atoms with E-state index in [9.17, 15) is 4.79 Å². The molecule has 1 aromatic heterocycles. The molecule has 1 heterocycles. The lowest BCUT2D eigenvalue weighted by Gasteiger charge is -2.02. The normalized spacial score (nSPS) is 9.62. The summed E-state index contributed by atoms with van der Waals surface area (Å²) in [6.07, 6.45) is 3.70. The summed E-state index contributed by atoms with van der Waals surface area (Å²) in [7, 11) is 0. The zero-order valence-corrected chi connectivity index (χ0v) is 7.23. The molecule has 0 saturated heterocycles. The fourth-order valence-corrected chi connectivity index (χ4v) is 0.880. The smallest absolute Gasteiger partial charge is 0.252 e. The maximum Gasteiger partial charge on any atom is 0.252 e. The molecule has 0 radical (unpaired) electrons. The Morgan fingerprint density at radius 1 is 1.62 bits per heavy atom. The predicted octanol–water partition coefficient (Wildman–Crippen LogP) is 0.194. The second kappa shape index (κ2) is 5.27. The van der Waals surface area contributed by atoms with E-state index in [1.165, 1.54) is 6.20 Å². The molecule has 0 atom stereocenters. The Labute approximate surface area is 76.6 Å². The Bertz CT molecular complexity index is 262. The maximum absolute atomic E-state index is 11.3. The summed E-state index contributed by atoms with van der Waals surface area (Å²) in [6, 6.07) is 3.40. The lowest BCUT2D eigenvalue weighted by molar-refractivity contribution is 0.0951. The number of aliphatic hydroxyl groups is 1. The molecule has 1 amide bonds. The van der Waals surface area contributed by atoms with Crippen LogP contribution in [0.25, 0.3) is 0 Å². The quantitative estimate of drug-likeness (QED) is 0.650. The van der Waals surface area contributed by atoms with Gasteiger partial charge in [0, 0.05) is 25.5 Å². The first-order valence-corrected chi connectivity index (χ1v) is 4.13. The van der Waals surface area contributed by atoms with Gasteiger partial charge < -0.3 is 10.4 Å². The van der Waals surface area contributed by atoms with Crippen molar-refractivity contribution in [3.8, 4) is 0 Å². The first-order chi connectivity index (χ1) is 6.34. The highest BCUT2D eigenvalue weighted by Crippen LogP contribution is 1.94. The van der Waals surface area contributed by atoms with Crippen molar-refractivity contribution in [3.63, 3.8) is 0 Å². The summed E-state index contributed by atoms with van der Waals surface area (Å²) in [5, 5.41) is 11.1.